The molecule has 6 nitrogen and oxygen atoms in total. The van der Waals surface area contributed by atoms with E-state index in [9.17, 15) is 13.2 Å². The van der Waals surface area contributed by atoms with Gasteiger partial charge < -0.3 is 9.64 Å². The summed E-state index contributed by atoms with van der Waals surface area (Å²) in [5, 5.41) is 0.653. The van der Waals surface area contributed by atoms with Gasteiger partial charge in [-0.1, -0.05) is 30.7 Å². The molecule has 0 N–H and O–H groups in total. The molecule has 2 aliphatic rings. The molecule has 2 fully saturated rings. The monoisotopic (exact) mass is 400 g/mol. The van der Waals surface area contributed by atoms with Crippen LogP contribution >= 0.6 is 11.6 Å². The highest BCUT2D eigenvalue weighted by atomic mass is 35.5. The molecule has 8 heteroatoms. The van der Waals surface area contributed by atoms with Gasteiger partial charge in [-0.15, -0.1) is 0 Å². The standard InChI is InChI=1S/C18H25ClN2O4S/c1-2-12-26(23,24)21-9-3-4-16(21)18(22)20-10-11-25-17(13-20)14-5-7-15(19)8-6-14/h5-8,16-17H,2-4,9-13H2,1H3. The Balaban J connectivity index is 1.71. The molecule has 144 valence electrons. The predicted octanol–water partition coefficient (Wildman–Crippen LogP) is 2.44. The van der Waals surface area contributed by atoms with Crippen molar-refractivity contribution < 1.29 is 17.9 Å². The summed E-state index contributed by atoms with van der Waals surface area (Å²) >= 11 is 5.93. The summed E-state index contributed by atoms with van der Waals surface area (Å²) in [5.41, 5.74) is 0.966. The average Bonchev–Trinajstić information content (AvgIpc) is 3.12. The van der Waals surface area contributed by atoms with E-state index in [2.05, 4.69) is 0 Å². The van der Waals surface area contributed by atoms with Gasteiger partial charge in [0, 0.05) is 18.1 Å². The van der Waals surface area contributed by atoms with Gasteiger partial charge in [0.05, 0.1) is 18.9 Å². The van der Waals surface area contributed by atoms with Crippen molar-refractivity contribution in [3.8, 4) is 0 Å². The molecule has 3 rings (SSSR count). The fourth-order valence-corrected chi connectivity index (χ4v) is 5.50. The third-order valence-corrected chi connectivity index (χ3v) is 7.26. The van der Waals surface area contributed by atoms with Crippen LogP contribution in [0.1, 0.15) is 37.9 Å². The number of ether oxygens (including phenoxy) is 1. The molecule has 0 spiro atoms. The SMILES string of the molecule is CCCS(=O)(=O)N1CCCC1C(=O)N1CCOC(c2ccc(Cl)cc2)C1. The van der Waals surface area contributed by atoms with Crippen molar-refractivity contribution in [1.29, 1.82) is 0 Å². The van der Waals surface area contributed by atoms with Gasteiger partial charge in [0.1, 0.15) is 12.1 Å². The fraction of sp³-hybridized carbons (Fsp3) is 0.611. The van der Waals surface area contributed by atoms with Crippen LogP contribution in [-0.4, -0.2) is 61.6 Å². The third-order valence-electron chi connectivity index (χ3n) is 4.93. The summed E-state index contributed by atoms with van der Waals surface area (Å²) in [6.45, 7) is 3.63. The van der Waals surface area contributed by atoms with Crippen LogP contribution < -0.4 is 0 Å². The minimum absolute atomic E-state index is 0.0906. The lowest BCUT2D eigenvalue weighted by atomic mass is 10.1. The largest absolute Gasteiger partial charge is 0.370 e. The Morgan fingerprint density at radius 3 is 2.69 bits per heavy atom. The maximum Gasteiger partial charge on any atom is 0.241 e. The number of benzene rings is 1. The normalized spacial score (nSPS) is 24.8. The molecule has 2 saturated heterocycles. The van der Waals surface area contributed by atoms with Crippen molar-refractivity contribution >= 4 is 27.5 Å². The van der Waals surface area contributed by atoms with Crippen LogP contribution in [0.3, 0.4) is 0 Å². The zero-order valence-electron chi connectivity index (χ0n) is 14.9. The second kappa shape index (κ2) is 8.25. The Labute approximate surface area is 160 Å². The first-order valence-electron chi connectivity index (χ1n) is 9.07. The molecule has 1 amide bonds. The lowest BCUT2D eigenvalue weighted by Crippen LogP contribution is -2.51. The number of morpholine rings is 1. The van der Waals surface area contributed by atoms with Gasteiger partial charge in [-0.2, -0.15) is 4.31 Å². The fourth-order valence-electron chi connectivity index (χ4n) is 3.63. The van der Waals surface area contributed by atoms with Crippen molar-refractivity contribution in [2.24, 2.45) is 0 Å². The maximum absolute atomic E-state index is 13.0. The second-order valence-electron chi connectivity index (χ2n) is 6.78. The predicted molar refractivity (Wildman–Crippen MR) is 101 cm³/mol. The number of nitrogens with zero attached hydrogens (tertiary/aromatic N) is 2. The van der Waals surface area contributed by atoms with E-state index in [-0.39, 0.29) is 17.8 Å². The number of sulfonamides is 1. The summed E-state index contributed by atoms with van der Waals surface area (Å²) in [4.78, 5) is 14.8. The molecule has 1 aromatic carbocycles. The van der Waals surface area contributed by atoms with Gasteiger partial charge >= 0.3 is 0 Å². The highest BCUT2D eigenvalue weighted by molar-refractivity contribution is 7.89. The molecule has 0 saturated carbocycles. The molecule has 2 heterocycles. The zero-order chi connectivity index (χ0) is 18.7. The van der Waals surface area contributed by atoms with E-state index in [4.69, 9.17) is 16.3 Å². The maximum atomic E-state index is 13.0. The van der Waals surface area contributed by atoms with E-state index in [1.807, 2.05) is 19.1 Å². The van der Waals surface area contributed by atoms with E-state index in [1.165, 1.54) is 4.31 Å². The van der Waals surface area contributed by atoms with Gasteiger partial charge in [-0.3, -0.25) is 4.79 Å². The van der Waals surface area contributed by atoms with Crippen LogP contribution in [0.2, 0.25) is 5.02 Å². The van der Waals surface area contributed by atoms with Crippen molar-refractivity contribution in [3.63, 3.8) is 0 Å². The average molecular weight is 401 g/mol. The first-order chi connectivity index (χ1) is 12.4. The van der Waals surface area contributed by atoms with Gasteiger partial charge in [-0.05, 0) is 37.0 Å². The number of carbonyl (C=O) groups excluding carboxylic acids is 1. The summed E-state index contributed by atoms with van der Waals surface area (Å²) in [7, 11) is -3.37. The number of hydrogen-bond donors (Lipinski definition) is 0. The molecule has 0 aliphatic carbocycles. The highest BCUT2D eigenvalue weighted by Crippen LogP contribution is 2.28. The third kappa shape index (κ3) is 4.22. The number of rotatable bonds is 5. The van der Waals surface area contributed by atoms with Crippen molar-refractivity contribution in [2.45, 2.75) is 38.3 Å². The smallest absolute Gasteiger partial charge is 0.241 e. The van der Waals surface area contributed by atoms with E-state index < -0.39 is 16.1 Å². The van der Waals surface area contributed by atoms with Gasteiger partial charge in [0.15, 0.2) is 0 Å². The number of carbonyl (C=O) groups is 1. The molecule has 26 heavy (non-hydrogen) atoms. The van der Waals surface area contributed by atoms with Gasteiger partial charge in [-0.25, -0.2) is 8.42 Å². The van der Waals surface area contributed by atoms with Crippen LogP contribution in [0.4, 0.5) is 0 Å². The second-order valence-corrected chi connectivity index (χ2v) is 9.26. The zero-order valence-corrected chi connectivity index (χ0v) is 16.5. The summed E-state index contributed by atoms with van der Waals surface area (Å²) < 4.78 is 32.2. The van der Waals surface area contributed by atoms with E-state index >= 15 is 0 Å². The molecule has 1 aromatic rings. The van der Waals surface area contributed by atoms with Crippen molar-refractivity contribution in [3.05, 3.63) is 34.9 Å². The summed E-state index contributed by atoms with van der Waals surface area (Å²) in [6, 6.07) is 6.83. The Bertz CT molecular complexity index is 738. The molecule has 2 unspecified atom stereocenters. The summed E-state index contributed by atoms with van der Waals surface area (Å²) in [6.07, 6.45) is 1.65. The Morgan fingerprint density at radius 2 is 2.00 bits per heavy atom. The van der Waals surface area contributed by atoms with E-state index in [0.29, 0.717) is 44.1 Å². The van der Waals surface area contributed by atoms with Gasteiger partial charge in [0.2, 0.25) is 15.9 Å². The lowest BCUT2D eigenvalue weighted by molar-refractivity contribution is -0.142. The molecule has 0 radical (unpaired) electrons. The quantitative estimate of drug-likeness (QED) is 0.761. The topological polar surface area (TPSA) is 66.9 Å². The number of halogens is 1. The summed E-state index contributed by atoms with van der Waals surface area (Å²) in [5.74, 6) is -0.0164. The molecular weight excluding hydrogens is 376 g/mol. The van der Waals surface area contributed by atoms with Crippen LogP contribution in [0, 0.1) is 0 Å². The molecule has 0 bridgehead atoms. The Morgan fingerprint density at radius 1 is 1.27 bits per heavy atom. The molecule has 0 aromatic heterocycles. The van der Waals surface area contributed by atoms with E-state index in [0.717, 1.165) is 12.0 Å². The first-order valence-corrected chi connectivity index (χ1v) is 11.1. The lowest BCUT2D eigenvalue weighted by Gasteiger charge is -2.36. The van der Waals surface area contributed by atoms with Crippen molar-refractivity contribution in [2.75, 3.05) is 32.0 Å². The van der Waals surface area contributed by atoms with Crippen LogP contribution in [-0.2, 0) is 19.6 Å². The highest BCUT2D eigenvalue weighted by Gasteiger charge is 2.41. The molecular formula is C18H25ClN2O4S. The minimum atomic E-state index is -3.37. The Hall–Kier alpha value is -1.15. The Kier molecular flexibility index (Phi) is 6.22. The number of amides is 1. The number of hydrogen-bond acceptors (Lipinski definition) is 4. The van der Waals surface area contributed by atoms with Crippen LogP contribution in [0.25, 0.3) is 0 Å². The van der Waals surface area contributed by atoms with Crippen LogP contribution in [0.15, 0.2) is 24.3 Å². The molecule has 2 atom stereocenters. The van der Waals surface area contributed by atoms with Gasteiger partial charge in [0.25, 0.3) is 0 Å². The van der Waals surface area contributed by atoms with E-state index in [1.54, 1.807) is 17.0 Å². The minimum Gasteiger partial charge on any atom is -0.370 e. The first kappa shape index (κ1) is 19.6. The van der Waals surface area contributed by atoms with Crippen LogP contribution in [0.5, 0.6) is 0 Å². The molecule has 2 aliphatic heterocycles. The van der Waals surface area contributed by atoms with Crippen molar-refractivity contribution in [1.82, 2.24) is 9.21 Å².